The van der Waals surface area contributed by atoms with Gasteiger partial charge in [-0.3, -0.25) is 4.68 Å². The van der Waals surface area contributed by atoms with Gasteiger partial charge in [-0.15, -0.1) is 0 Å². The second-order valence-corrected chi connectivity index (χ2v) is 7.86. The first-order valence-corrected chi connectivity index (χ1v) is 9.86. The average Bonchev–Trinajstić information content (AvgIpc) is 3.08. The number of rotatable bonds is 3. The molecular weight excluding hydrogens is 466 g/mol. The molecule has 0 amide bonds. The summed E-state index contributed by atoms with van der Waals surface area (Å²) in [5, 5.41) is 6.66. The van der Waals surface area contributed by atoms with E-state index in [4.69, 9.17) is 0 Å². The maximum absolute atomic E-state index is 13.4. The summed E-state index contributed by atoms with van der Waals surface area (Å²) in [4.78, 5) is 8.89. The fourth-order valence-corrected chi connectivity index (χ4v) is 3.88. The Bertz CT molecular complexity index is 1330. The molecule has 0 aliphatic carbocycles. The van der Waals surface area contributed by atoms with Gasteiger partial charge in [0.05, 0.1) is 23.3 Å². The lowest BCUT2D eigenvalue weighted by Gasteiger charge is -2.05. The second kappa shape index (κ2) is 6.94. The van der Waals surface area contributed by atoms with Crippen LogP contribution in [-0.4, -0.2) is 19.7 Å². The lowest BCUT2D eigenvalue weighted by molar-refractivity contribution is 0.620. The first-order valence-electron chi connectivity index (χ1n) is 8.78. The molecule has 0 N–H and O–H groups in total. The van der Waals surface area contributed by atoms with Crippen molar-refractivity contribution in [2.24, 2.45) is 0 Å². The SMILES string of the molecule is Fc1cccc(Cn2cc3cc(-c4ncnc5ccc(I)cc45)ccc3n2)c1. The minimum absolute atomic E-state index is 0.234. The molecule has 2 aromatic heterocycles. The van der Waals surface area contributed by atoms with E-state index in [1.54, 1.807) is 12.4 Å². The van der Waals surface area contributed by atoms with E-state index in [1.807, 2.05) is 41.2 Å². The van der Waals surface area contributed by atoms with E-state index in [9.17, 15) is 4.39 Å². The van der Waals surface area contributed by atoms with Crippen LogP contribution in [0.15, 0.2) is 73.2 Å². The zero-order valence-electron chi connectivity index (χ0n) is 14.7. The molecule has 2 heterocycles. The lowest BCUT2D eigenvalue weighted by atomic mass is 10.1. The van der Waals surface area contributed by atoms with Gasteiger partial charge in [-0.05, 0) is 70.6 Å². The highest BCUT2D eigenvalue weighted by Gasteiger charge is 2.10. The van der Waals surface area contributed by atoms with E-state index < -0.39 is 0 Å². The van der Waals surface area contributed by atoms with E-state index in [1.165, 1.54) is 12.1 Å². The largest absolute Gasteiger partial charge is 0.267 e. The summed E-state index contributed by atoms with van der Waals surface area (Å²) in [7, 11) is 0. The number of benzene rings is 3. The van der Waals surface area contributed by atoms with Gasteiger partial charge in [-0.2, -0.15) is 5.10 Å². The van der Waals surface area contributed by atoms with Crippen molar-refractivity contribution < 1.29 is 4.39 Å². The first-order chi connectivity index (χ1) is 13.7. The Kier molecular flexibility index (Phi) is 4.27. The van der Waals surface area contributed by atoms with Crippen LogP contribution in [-0.2, 0) is 6.54 Å². The highest BCUT2D eigenvalue weighted by atomic mass is 127. The van der Waals surface area contributed by atoms with Crippen molar-refractivity contribution in [2.45, 2.75) is 6.54 Å². The van der Waals surface area contributed by atoms with Crippen LogP contribution in [0.2, 0.25) is 0 Å². The molecule has 0 saturated heterocycles. The zero-order chi connectivity index (χ0) is 19.1. The Labute approximate surface area is 174 Å². The van der Waals surface area contributed by atoms with Crippen LogP contribution in [0.5, 0.6) is 0 Å². The molecule has 5 aromatic rings. The van der Waals surface area contributed by atoms with Crippen LogP contribution in [0.1, 0.15) is 5.56 Å². The third kappa shape index (κ3) is 3.24. The molecule has 0 aliphatic heterocycles. The molecule has 3 aromatic carbocycles. The molecule has 28 heavy (non-hydrogen) atoms. The van der Waals surface area contributed by atoms with Gasteiger partial charge in [-0.1, -0.05) is 18.2 Å². The van der Waals surface area contributed by atoms with Gasteiger partial charge in [0.2, 0.25) is 0 Å². The molecule has 136 valence electrons. The third-order valence-corrected chi connectivity index (χ3v) is 5.33. The van der Waals surface area contributed by atoms with Crippen molar-refractivity contribution in [2.75, 3.05) is 0 Å². The second-order valence-electron chi connectivity index (χ2n) is 6.61. The van der Waals surface area contributed by atoms with Gasteiger partial charge in [0.25, 0.3) is 0 Å². The van der Waals surface area contributed by atoms with Gasteiger partial charge < -0.3 is 0 Å². The number of aromatic nitrogens is 4. The van der Waals surface area contributed by atoms with Crippen molar-refractivity contribution in [3.63, 3.8) is 0 Å². The van der Waals surface area contributed by atoms with Crippen molar-refractivity contribution in [3.05, 3.63) is 88.1 Å². The van der Waals surface area contributed by atoms with Crippen molar-refractivity contribution in [1.29, 1.82) is 0 Å². The summed E-state index contributed by atoms with van der Waals surface area (Å²) >= 11 is 2.30. The predicted molar refractivity (Wildman–Crippen MR) is 116 cm³/mol. The minimum atomic E-state index is -0.234. The van der Waals surface area contributed by atoms with Crippen LogP contribution in [0, 0.1) is 9.39 Å². The Morgan fingerprint density at radius 3 is 2.71 bits per heavy atom. The fraction of sp³-hybridized carbons (Fsp3) is 0.0455. The quantitative estimate of drug-likeness (QED) is 0.323. The van der Waals surface area contributed by atoms with E-state index in [0.29, 0.717) is 6.54 Å². The maximum Gasteiger partial charge on any atom is 0.123 e. The summed E-state index contributed by atoms with van der Waals surface area (Å²) in [5.41, 5.74) is 4.63. The topological polar surface area (TPSA) is 43.6 Å². The molecule has 0 saturated carbocycles. The van der Waals surface area contributed by atoms with Crippen LogP contribution in [0.3, 0.4) is 0 Å². The van der Waals surface area contributed by atoms with Crippen LogP contribution in [0.4, 0.5) is 4.39 Å². The smallest absolute Gasteiger partial charge is 0.123 e. The van der Waals surface area contributed by atoms with Gasteiger partial charge in [0.15, 0.2) is 0 Å². The number of nitrogens with zero attached hydrogens (tertiary/aromatic N) is 4. The molecule has 0 spiro atoms. The molecule has 0 unspecified atom stereocenters. The van der Waals surface area contributed by atoms with E-state index in [2.05, 4.69) is 49.8 Å². The minimum Gasteiger partial charge on any atom is -0.267 e. The van der Waals surface area contributed by atoms with Gasteiger partial charge >= 0.3 is 0 Å². The molecule has 0 atom stereocenters. The summed E-state index contributed by atoms with van der Waals surface area (Å²) < 4.78 is 16.4. The zero-order valence-corrected chi connectivity index (χ0v) is 16.8. The maximum atomic E-state index is 13.4. The summed E-state index contributed by atoms with van der Waals surface area (Å²) in [6.45, 7) is 0.524. The Hall–Kier alpha value is -2.87. The van der Waals surface area contributed by atoms with E-state index >= 15 is 0 Å². The number of fused-ring (bicyclic) bond motifs is 2. The highest BCUT2D eigenvalue weighted by Crippen LogP contribution is 2.29. The van der Waals surface area contributed by atoms with Crippen molar-refractivity contribution in [3.8, 4) is 11.3 Å². The van der Waals surface area contributed by atoms with Crippen molar-refractivity contribution in [1.82, 2.24) is 19.7 Å². The average molecular weight is 480 g/mol. The lowest BCUT2D eigenvalue weighted by Crippen LogP contribution is -1.99. The monoisotopic (exact) mass is 480 g/mol. The molecular formula is C22H14FIN4. The molecule has 4 nitrogen and oxygen atoms in total. The number of hydrogen-bond acceptors (Lipinski definition) is 3. The molecule has 5 rings (SSSR count). The van der Waals surface area contributed by atoms with Gasteiger partial charge in [0, 0.05) is 26.1 Å². The Balaban J connectivity index is 1.56. The van der Waals surface area contributed by atoms with Crippen LogP contribution in [0.25, 0.3) is 33.1 Å². The summed E-state index contributed by atoms with van der Waals surface area (Å²) in [6.07, 6.45) is 3.58. The molecule has 6 heteroatoms. The Morgan fingerprint density at radius 2 is 1.82 bits per heavy atom. The number of hydrogen-bond donors (Lipinski definition) is 0. The van der Waals surface area contributed by atoms with E-state index in [0.717, 1.165) is 42.2 Å². The molecule has 0 aliphatic rings. The van der Waals surface area contributed by atoms with Gasteiger partial charge in [0.1, 0.15) is 12.1 Å². The van der Waals surface area contributed by atoms with Crippen LogP contribution >= 0.6 is 22.6 Å². The number of halogens is 2. The standard InChI is InChI=1S/C22H14FIN4/c23-17-3-1-2-14(8-17)11-28-12-16-9-15(4-6-20(16)27-28)22-19-10-18(24)5-7-21(19)25-13-26-22/h1-10,12-13H,11H2. The first kappa shape index (κ1) is 17.2. The Morgan fingerprint density at radius 1 is 0.929 bits per heavy atom. The highest BCUT2D eigenvalue weighted by molar-refractivity contribution is 14.1. The predicted octanol–water partition coefficient (Wildman–Crippen LogP) is 5.44. The molecule has 0 bridgehead atoms. The third-order valence-electron chi connectivity index (χ3n) is 4.66. The van der Waals surface area contributed by atoms with Gasteiger partial charge in [-0.25, -0.2) is 14.4 Å². The fourth-order valence-electron chi connectivity index (χ4n) is 3.39. The normalized spacial score (nSPS) is 11.4. The van der Waals surface area contributed by atoms with Crippen molar-refractivity contribution >= 4 is 44.4 Å². The summed E-state index contributed by atoms with van der Waals surface area (Å²) in [5.74, 6) is -0.234. The molecule has 0 radical (unpaired) electrons. The molecule has 0 fully saturated rings. The van der Waals surface area contributed by atoms with E-state index in [-0.39, 0.29) is 5.82 Å². The van der Waals surface area contributed by atoms with Crippen LogP contribution < -0.4 is 0 Å². The summed E-state index contributed by atoms with van der Waals surface area (Å²) in [6, 6.07) is 18.9.